The van der Waals surface area contributed by atoms with Crippen molar-refractivity contribution in [2.24, 2.45) is 0 Å². The first-order chi connectivity index (χ1) is 14.2. The summed E-state index contributed by atoms with van der Waals surface area (Å²) in [4.78, 5) is 12.9. The number of hydrogen-bond acceptors (Lipinski definition) is 4. The summed E-state index contributed by atoms with van der Waals surface area (Å²) >= 11 is 0. The lowest BCUT2D eigenvalue weighted by atomic mass is 10.0. The van der Waals surface area contributed by atoms with Crippen LogP contribution in [0.3, 0.4) is 0 Å². The molecule has 1 amide bonds. The Morgan fingerprint density at radius 2 is 1.93 bits per heavy atom. The topological polar surface area (TPSA) is 79.0 Å². The zero-order valence-electron chi connectivity index (χ0n) is 16.2. The van der Waals surface area contributed by atoms with E-state index in [1.165, 1.54) is 12.1 Å². The van der Waals surface area contributed by atoms with Gasteiger partial charge in [0.15, 0.2) is 0 Å². The number of H-pyrrole nitrogens is 1. The van der Waals surface area contributed by atoms with Gasteiger partial charge in [-0.1, -0.05) is 18.2 Å². The minimum atomic E-state index is -0.279. The molecule has 0 radical (unpaired) electrons. The summed E-state index contributed by atoms with van der Waals surface area (Å²) in [5.74, 6) is 0.0604. The van der Waals surface area contributed by atoms with Gasteiger partial charge in [0.1, 0.15) is 11.6 Å². The molecular formula is C22H23FN4O2. The molecule has 0 unspecified atom stereocenters. The molecule has 0 saturated carbocycles. The van der Waals surface area contributed by atoms with E-state index in [2.05, 4.69) is 20.8 Å². The molecule has 1 saturated heterocycles. The number of fused-ring (bicyclic) bond motifs is 1. The van der Waals surface area contributed by atoms with Crippen molar-refractivity contribution in [1.82, 2.24) is 20.8 Å². The predicted molar refractivity (Wildman–Crippen MR) is 111 cm³/mol. The zero-order valence-corrected chi connectivity index (χ0v) is 16.2. The molecule has 29 heavy (non-hydrogen) atoms. The van der Waals surface area contributed by atoms with E-state index in [0.29, 0.717) is 17.0 Å². The fourth-order valence-corrected chi connectivity index (χ4v) is 3.60. The second kappa shape index (κ2) is 8.45. The molecule has 3 aromatic rings. The fourth-order valence-electron chi connectivity index (χ4n) is 3.60. The third kappa shape index (κ3) is 4.14. The van der Waals surface area contributed by atoms with Crippen LogP contribution in [0, 0.1) is 5.82 Å². The first-order valence-corrected chi connectivity index (χ1v) is 9.66. The maximum Gasteiger partial charge on any atom is 0.255 e. The van der Waals surface area contributed by atoms with Gasteiger partial charge in [-0.15, -0.1) is 0 Å². The molecule has 150 valence electrons. The van der Waals surface area contributed by atoms with Crippen molar-refractivity contribution in [3.05, 3.63) is 59.0 Å². The van der Waals surface area contributed by atoms with Crippen molar-refractivity contribution in [3.8, 4) is 5.75 Å². The van der Waals surface area contributed by atoms with Crippen molar-refractivity contribution >= 4 is 29.0 Å². The van der Waals surface area contributed by atoms with Crippen LogP contribution in [0.1, 0.15) is 34.5 Å². The van der Waals surface area contributed by atoms with Gasteiger partial charge in [0.2, 0.25) is 0 Å². The highest BCUT2D eigenvalue weighted by atomic mass is 19.1. The van der Waals surface area contributed by atoms with Crippen molar-refractivity contribution in [3.63, 3.8) is 0 Å². The van der Waals surface area contributed by atoms with Crippen LogP contribution in [-0.2, 0) is 0 Å². The Balaban J connectivity index is 1.65. The number of rotatable bonds is 5. The number of carbonyl (C=O) groups is 1. The van der Waals surface area contributed by atoms with Crippen LogP contribution >= 0.6 is 0 Å². The average Bonchev–Trinajstić information content (AvgIpc) is 3.16. The monoisotopic (exact) mass is 394 g/mol. The summed E-state index contributed by atoms with van der Waals surface area (Å²) in [5, 5.41) is 14.5. The molecule has 1 aliphatic rings. The Morgan fingerprint density at radius 3 is 2.66 bits per heavy atom. The Labute approximate surface area is 168 Å². The molecule has 2 heterocycles. The number of methoxy groups -OCH3 is 1. The summed E-state index contributed by atoms with van der Waals surface area (Å²) in [6.07, 6.45) is 5.49. The number of aromatic nitrogens is 2. The van der Waals surface area contributed by atoms with Crippen molar-refractivity contribution in [1.29, 1.82) is 0 Å². The van der Waals surface area contributed by atoms with Crippen LogP contribution in [0.15, 0.2) is 36.4 Å². The highest BCUT2D eigenvalue weighted by molar-refractivity contribution is 6.05. The highest BCUT2D eigenvalue weighted by Crippen LogP contribution is 2.32. The van der Waals surface area contributed by atoms with Crippen LogP contribution in [0.2, 0.25) is 0 Å². The lowest BCUT2D eigenvalue weighted by Crippen LogP contribution is -2.42. The maximum absolute atomic E-state index is 13.1. The van der Waals surface area contributed by atoms with Gasteiger partial charge >= 0.3 is 0 Å². The summed E-state index contributed by atoms with van der Waals surface area (Å²) < 4.78 is 18.7. The maximum atomic E-state index is 13.1. The molecule has 7 heteroatoms. The molecule has 0 spiro atoms. The number of amides is 1. The Morgan fingerprint density at radius 1 is 1.17 bits per heavy atom. The lowest BCUT2D eigenvalue weighted by Gasteiger charge is -2.24. The van der Waals surface area contributed by atoms with Gasteiger partial charge in [0.05, 0.1) is 29.3 Å². The Hall–Kier alpha value is -3.19. The number of nitrogens with one attached hydrogen (secondary N) is 3. The number of hydrogen-bond donors (Lipinski definition) is 3. The SMILES string of the molecule is COc1c(C(=O)NC2CCNCC2)ccc2[nH]nc(/C=C/c3ccc(F)cc3)c12. The molecule has 0 bridgehead atoms. The van der Waals surface area contributed by atoms with Crippen molar-refractivity contribution in [2.75, 3.05) is 20.2 Å². The van der Waals surface area contributed by atoms with Crippen LogP contribution in [0.4, 0.5) is 4.39 Å². The van der Waals surface area contributed by atoms with Gasteiger partial charge in [-0.3, -0.25) is 9.89 Å². The van der Waals surface area contributed by atoms with Gasteiger partial charge in [-0.2, -0.15) is 5.10 Å². The van der Waals surface area contributed by atoms with Crippen molar-refractivity contribution in [2.45, 2.75) is 18.9 Å². The van der Waals surface area contributed by atoms with E-state index in [-0.39, 0.29) is 17.8 Å². The molecule has 3 N–H and O–H groups in total. The number of nitrogens with zero attached hydrogens (tertiary/aromatic N) is 1. The van der Waals surface area contributed by atoms with E-state index in [4.69, 9.17) is 4.74 Å². The number of benzene rings is 2. The molecule has 4 rings (SSSR count). The number of halogens is 1. The van der Waals surface area contributed by atoms with Crippen molar-refractivity contribution < 1.29 is 13.9 Å². The van der Waals surface area contributed by atoms with Gasteiger partial charge in [0.25, 0.3) is 5.91 Å². The summed E-state index contributed by atoms with van der Waals surface area (Å²) in [6.45, 7) is 1.81. The van der Waals surface area contributed by atoms with E-state index < -0.39 is 0 Å². The quantitative estimate of drug-likeness (QED) is 0.620. The van der Waals surface area contributed by atoms with E-state index >= 15 is 0 Å². The standard InChI is InChI=1S/C22H23FN4O2/c1-29-21-17(22(28)25-16-10-12-24-13-11-16)7-9-19-20(21)18(26-27-19)8-4-14-2-5-15(23)6-3-14/h2-9,16,24H,10-13H2,1H3,(H,25,28)(H,26,27)/b8-4+. The second-order valence-electron chi connectivity index (χ2n) is 7.06. The van der Waals surface area contributed by atoms with E-state index in [1.54, 1.807) is 25.3 Å². The number of piperidine rings is 1. The first kappa shape index (κ1) is 19.1. The molecule has 1 aliphatic heterocycles. The van der Waals surface area contributed by atoms with E-state index in [9.17, 15) is 9.18 Å². The number of ether oxygens (including phenoxy) is 1. The Kier molecular flexibility index (Phi) is 5.57. The zero-order chi connectivity index (χ0) is 20.2. The third-order valence-electron chi connectivity index (χ3n) is 5.14. The van der Waals surface area contributed by atoms with Crippen LogP contribution in [0.5, 0.6) is 5.75 Å². The molecule has 1 fully saturated rings. The summed E-state index contributed by atoms with van der Waals surface area (Å²) in [5.41, 5.74) is 2.76. The normalized spacial score (nSPS) is 15.1. The van der Waals surface area contributed by atoms with Gasteiger partial charge in [-0.25, -0.2) is 4.39 Å². The largest absolute Gasteiger partial charge is 0.495 e. The van der Waals surface area contributed by atoms with Crippen LogP contribution in [0.25, 0.3) is 23.1 Å². The van der Waals surface area contributed by atoms with Crippen LogP contribution < -0.4 is 15.4 Å². The molecule has 6 nitrogen and oxygen atoms in total. The van der Waals surface area contributed by atoms with Gasteiger partial charge in [0, 0.05) is 6.04 Å². The second-order valence-corrected chi connectivity index (χ2v) is 7.06. The number of carbonyl (C=O) groups excluding carboxylic acids is 1. The highest BCUT2D eigenvalue weighted by Gasteiger charge is 2.22. The van der Waals surface area contributed by atoms with Gasteiger partial charge < -0.3 is 15.4 Å². The minimum absolute atomic E-state index is 0.148. The Bertz CT molecular complexity index is 1040. The average molecular weight is 394 g/mol. The predicted octanol–water partition coefficient (Wildman–Crippen LogP) is 3.36. The summed E-state index contributed by atoms with van der Waals surface area (Å²) in [6, 6.07) is 9.94. The number of aromatic amines is 1. The molecular weight excluding hydrogens is 371 g/mol. The van der Waals surface area contributed by atoms with Crippen LogP contribution in [-0.4, -0.2) is 42.3 Å². The fraction of sp³-hybridized carbons (Fsp3) is 0.273. The third-order valence-corrected chi connectivity index (χ3v) is 5.14. The lowest BCUT2D eigenvalue weighted by molar-refractivity contribution is 0.0927. The van der Waals surface area contributed by atoms with E-state index in [0.717, 1.165) is 42.4 Å². The molecule has 2 aromatic carbocycles. The first-order valence-electron chi connectivity index (χ1n) is 9.66. The minimum Gasteiger partial charge on any atom is -0.495 e. The van der Waals surface area contributed by atoms with E-state index in [1.807, 2.05) is 18.2 Å². The molecule has 0 atom stereocenters. The molecule has 0 aliphatic carbocycles. The smallest absolute Gasteiger partial charge is 0.255 e. The van der Waals surface area contributed by atoms with Gasteiger partial charge in [-0.05, 0) is 61.8 Å². The summed E-state index contributed by atoms with van der Waals surface area (Å²) in [7, 11) is 1.55. The molecule has 1 aromatic heterocycles.